The number of thioether (sulfide) groups is 1. The highest BCUT2D eigenvalue weighted by atomic mass is 32.2. The lowest BCUT2D eigenvalue weighted by Gasteiger charge is -2.10. The summed E-state index contributed by atoms with van der Waals surface area (Å²) in [6.07, 6.45) is 5.32. The molecule has 0 radical (unpaired) electrons. The number of nitrogens with one attached hydrogen (secondary N) is 2. The van der Waals surface area contributed by atoms with Crippen LogP contribution in [-0.2, 0) is 0 Å². The maximum Gasteiger partial charge on any atom is 0.335 e. The molecule has 21 heavy (non-hydrogen) atoms. The van der Waals surface area contributed by atoms with E-state index >= 15 is 0 Å². The zero-order valence-electron chi connectivity index (χ0n) is 12.4. The molecule has 1 rings (SSSR count). The van der Waals surface area contributed by atoms with E-state index in [1.807, 2.05) is 11.8 Å². The summed E-state index contributed by atoms with van der Waals surface area (Å²) in [5, 5.41) is 14.4. The third kappa shape index (κ3) is 6.53. The summed E-state index contributed by atoms with van der Waals surface area (Å²) < 4.78 is 0. The SMILES string of the molecule is CSCCCCCNC(=O)Nc1ccc(C(=O)O)cc1C. The Bertz CT molecular complexity index is 492. The second-order valence-electron chi connectivity index (χ2n) is 4.77. The number of carboxylic acid groups (broad SMARTS) is 1. The predicted molar refractivity (Wildman–Crippen MR) is 87.4 cm³/mol. The second-order valence-corrected chi connectivity index (χ2v) is 5.75. The van der Waals surface area contributed by atoms with Crippen LogP contribution >= 0.6 is 11.8 Å². The average Bonchev–Trinajstić information content (AvgIpc) is 2.44. The van der Waals surface area contributed by atoms with Gasteiger partial charge in [0, 0.05) is 12.2 Å². The molecule has 1 aromatic carbocycles. The molecule has 0 unspecified atom stereocenters. The number of benzene rings is 1. The van der Waals surface area contributed by atoms with Crippen LogP contribution in [0.15, 0.2) is 18.2 Å². The lowest BCUT2D eigenvalue weighted by atomic mass is 10.1. The Kier molecular flexibility index (Phi) is 7.68. The van der Waals surface area contributed by atoms with E-state index in [0.717, 1.165) is 24.2 Å². The first-order chi connectivity index (χ1) is 10.0. The lowest BCUT2D eigenvalue weighted by Crippen LogP contribution is -2.29. The number of urea groups is 1. The molecule has 116 valence electrons. The van der Waals surface area contributed by atoms with Crippen LogP contribution < -0.4 is 10.6 Å². The lowest BCUT2D eigenvalue weighted by molar-refractivity contribution is 0.0697. The average molecular weight is 310 g/mol. The van der Waals surface area contributed by atoms with Crippen LogP contribution in [0.4, 0.5) is 10.5 Å². The van der Waals surface area contributed by atoms with Gasteiger partial charge in [0.25, 0.3) is 0 Å². The Labute approximate surface area is 129 Å². The van der Waals surface area contributed by atoms with Crippen molar-refractivity contribution in [2.24, 2.45) is 0 Å². The molecule has 0 atom stereocenters. The van der Waals surface area contributed by atoms with E-state index in [9.17, 15) is 9.59 Å². The van der Waals surface area contributed by atoms with Gasteiger partial charge in [-0.05, 0) is 55.5 Å². The molecule has 6 heteroatoms. The molecule has 0 aromatic heterocycles. The molecule has 0 spiro atoms. The molecule has 0 saturated heterocycles. The van der Waals surface area contributed by atoms with Gasteiger partial charge in [-0.3, -0.25) is 0 Å². The molecule has 0 heterocycles. The van der Waals surface area contributed by atoms with Crippen LogP contribution in [-0.4, -0.2) is 35.7 Å². The van der Waals surface area contributed by atoms with Gasteiger partial charge < -0.3 is 15.7 Å². The van der Waals surface area contributed by atoms with Crippen molar-refractivity contribution >= 4 is 29.4 Å². The smallest absolute Gasteiger partial charge is 0.335 e. The fourth-order valence-electron chi connectivity index (χ4n) is 1.85. The van der Waals surface area contributed by atoms with Gasteiger partial charge in [0.05, 0.1) is 5.56 Å². The molecule has 5 nitrogen and oxygen atoms in total. The fraction of sp³-hybridized carbons (Fsp3) is 0.467. The predicted octanol–water partition coefficient (Wildman–Crippen LogP) is 3.35. The molecule has 2 amide bonds. The topological polar surface area (TPSA) is 78.4 Å². The highest BCUT2D eigenvalue weighted by Gasteiger charge is 2.07. The maximum atomic E-state index is 11.7. The number of anilines is 1. The molecule has 0 saturated carbocycles. The van der Waals surface area contributed by atoms with E-state index in [1.165, 1.54) is 12.5 Å². The van der Waals surface area contributed by atoms with Gasteiger partial charge >= 0.3 is 12.0 Å². The summed E-state index contributed by atoms with van der Waals surface area (Å²) in [6, 6.07) is 4.37. The highest BCUT2D eigenvalue weighted by molar-refractivity contribution is 7.98. The van der Waals surface area contributed by atoms with Gasteiger partial charge in [-0.1, -0.05) is 6.42 Å². The van der Waals surface area contributed by atoms with Gasteiger partial charge in [0.2, 0.25) is 0 Å². The highest BCUT2D eigenvalue weighted by Crippen LogP contribution is 2.16. The van der Waals surface area contributed by atoms with E-state index in [1.54, 1.807) is 19.1 Å². The number of rotatable bonds is 8. The molecule has 0 fully saturated rings. The van der Waals surface area contributed by atoms with Crippen molar-refractivity contribution in [3.63, 3.8) is 0 Å². The van der Waals surface area contributed by atoms with Gasteiger partial charge in [-0.15, -0.1) is 0 Å². The molecule has 0 aliphatic rings. The van der Waals surface area contributed by atoms with E-state index in [4.69, 9.17) is 5.11 Å². The Morgan fingerprint density at radius 3 is 2.62 bits per heavy atom. The number of aryl methyl sites for hydroxylation is 1. The first kappa shape index (κ1) is 17.4. The zero-order valence-corrected chi connectivity index (χ0v) is 13.3. The summed E-state index contributed by atoms with van der Waals surface area (Å²) in [7, 11) is 0. The van der Waals surface area contributed by atoms with Crippen molar-refractivity contribution in [1.82, 2.24) is 5.32 Å². The molecular weight excluding hydrogens is 288 g/mol. The maximum absolute atomic E-state index is 11.7. The number of aromatic carboxylic acids is 1. The summed E-state index contributed by atoms with van der Waals surface area (Å²) in [5.41, 5.74) is 1.57. The first-order valence-corrected chi connectivity index (χ1v) is 8.31. The molecular formula is C15H22N2O3S. The Balaban J connectivity index is 2.36. The third-order valence-corrected chi connectivity index (χ3v) is 3.73. The molecule has 3 N–H and O–H groups in total. The van der Waals surface area contributed by atoms with Crippen molar-refractivity contribution in [2.45, 2.75) is 26.2 Å². The van der Waals surface area contributed by atoms with Crippen molar-refractivity contribution in [2.75, 3.05) is 23.9 Å². The standard InChI is InChI=1S/C15H22N2O3S/c1-11-10-12(14(18)19)6-7-13(11)17-15(20)16-8-4-3-5-9-21-2/h6-7,10H,3-5,8-9H2,1-2H3,(H,18,19)(H2,16,17,20). The van der Waals surface area contributed by atoms with Crippen LogP contribution in [0.25, 0.3) is 0 Å². The minimum Gasteiger partial charge on any atom is -0.478 e. The quantitative estimate of drug-likeness (QED) is 0.643. The molecule has 0 aliphatic heterocycles. The van der Waals surface area contributed by atoms with Crippen molar-refractivity contribution in [3.8, 4) is 0 Å². The minimum absolute atomic E-state index is 0.215. The normalized spacial score (nSPS) is 10.2. The van der Waals surface area contributed by atoms with Crippen molar-refractivity contribution in [3.05, 3.63) is 29.3 Å². The van der Waals surface area contributed by atoms with E-state index in [2.05, 4.69) is 16.9 Å². The first-order valence-electron chi connectivity index (χ1n) is 6.92. The van der Waals surface area contributed by atoms with E-state index in [0.29, 0.717) is 12.2 Å². The second kappa shape index (κ2) is 9.28. The van der Waals surface area contributed by atoms with Crippen molar-refractivity contribution < 1.29 is 14.7 Å². The monoisotopic (exact) mass is 310 g/mol. The van der Waals surface area contributed by atoms with Crippen molar-refractivity contribution in [1.29, 1.82) is 0 Å². The van der Waals surface area contributed by atoms with Crippen LogP contribution in [0.2, 0.25) is 0 Å². The van der Waals surface area contributed by atoms with Crippen LogP contribution in [0, 0.1) is 6.92 Å². The molecule has 1 aromatic rings. The largest absolute Gasteiger partial charge is 0.478 e. The van der Waals surface area contributed by atoms with Crippen LogP contribution in [0.5, 0.6) is 0 Å². The number of unbranched alkanes of at least 4 members (excludes halogenated alkanes) is 2. The molecule has 0 bridgehead atoms. The summed E-state index contributed by atoms with van der Waals surface area (Å²) >= 11 is 1.83. The Morgan fingerprint density at radius 1 is 1.24 bits per heavy atom. The Hall–Kier alpha value is -1.69. The number of carbonyl (C=O) groups excluding carboxylic acids is 1. The van der Waals surface area contributed by atoms with Gasteiger partial charge in [-0.2, -0.15) is 11.8 Å². The van der Waals surface area contributed by atoms with Crippen LogP contribution in [0.1, 0.15) is 35.2 Å². The third-order valence-electron chi connectivity index (χ3n) is 3.03. The number of carboxylic acids is 1. The number of carbonyl (C=O) groups is 2. The number of hydrogen-bond acceptors (Lipinski definition) is 3. The van der Waals surface area contributed by atoms with Gasteiger partial charge in [0.1, 0.15) is 0 Å². The van der Waals surface area contributed by atoms with Crippen LogP contribution in [0.3, 0.4) is 0 Å². The Morgan fingerprint density at radius 2 is 2.00 bits per heavy atom. The number of amides is 2. The summed E-state index contributed by atoms with van der Waals surface area (Å²) in [4.78, 5) is 22.6. The summed E-state index contributed by atoms with van der Waals surface area (Å²) in [5.74, 6) is 0.181. The van der Waals surface area contributed by atoms with E-state index in [-0.39, 0.29) is 11.6 Å². The zero-order chi connectivity index (χ0) is 15.7. The summed E-state index contributed by atoms with van der Waals surface area (Å²) in [6.45, 7) is 2.41. The number of hydrogen-bond donors (Lipinski definition) is 3. The fourth-order valence-corrected chi connectivity index (χ4v) is 2.35. The minimum atomic E-state index is -0.973. The van der Waals surface area contributed by atoms with Gasteiger partial charge in [-0.25, -0.2) is 9.59 Å². The van der Waals surface area contributed by atoms with Gasteiger partial charge in [0.15, 0.2) is 0 Å². The molecule has 0 aliphatic carbocycles. The van der Waals surface area contributed by atoms with E-state index < -0.39 is 5.97 Å².